The number of rotatable bonds is 10. The zero-order valence-corrected chi connectivity index (χ0v) is 57.5. The molecule has 105 heavy (non-hydrogen) atoms. The average Bonchev–Trinajstić information content (AvgIpc) is 1.09. The van der Waals surface area contributed by atoms with E-state index in [1.807, 2.05) is 18.2 Å². The Balaban J connectivity index is 0.000000123. The Morgan fingerprint density at radius 3 is 0.705 bits per heavy atom. The standard InChI is InChI=1S/C50H33N.C26H19BO2.C24H17N/c1-4-14-34(15-5-1)38-26-30-47-45(32-38)46-33-39(35-16-6-2-7-17-35)27-31-48(46)51(47)40-28-24-37(25-29-40)50-43-22-12-10-20-41(43)49(36-18-8-3-9-19-36)42-21-11-13-23-44(42)50;28-27(29)20-16-14-19(15-17-20)26-23-12-6-4-10-21(23)25(18-8-2-1-3-9-18)22-11-5-7-13-24(22)26;1-3-7-17(8-4-1)19-11-13-23-21(15-19)22-16-20(12-14-24(22)25-23)18-9-5-2-6-10-18/h1-33H;1-17,28-29H;1-16,25H. The molecule has 0 unspecified atom stereocenters. The normalized spacial score (nSPS) is 11.3. The van der Waals surface area contributed by atoms with Gasteiger partial charge in [-0.1, -0.05) is 340 Å². The maximum atomic E-state index is 9.45. The smallest absolute Gasteiger partial charge is 0.423 e. The van der Waals surface area contributed by atoms with Crippen molar-refractivity contribution in [3.05, 3.63) is 400 Å². The van der Waals surface area contributed by atoms with Crippen LogP contribution < -0.4 is 5.46 Å². The van der Waals surface area contributed by atoms with E-state index in [0.29, 0.717) is 5.46 Å². The van der Waals surface area contributed by atoms with Crippen molar-refractivity contribution in [2.45, 2.75) is 0 Å². The molecule has 2 aromatic heterocycles. The minimum atomic E-state index is -1.46. The second-order valence-corrected chi connectivity index (χ2v) is 26.9. The Bertz CT molecular complexity index is 6250. The lowest BCUT2D eigenvalue weighted by Gasteiger charge is -2.18. The molecular weight excluding hydrogens is 1270 g/mol. The fourth-order valence-electron chi connectivity index (χ4n) is 15.7. The zero-order valence-electron chi connectivity index (χ0n) is 57.5. The van der Waals surface area contributed by atoms with Crippen LogP contribution in [0.5, 0.6) is 0 Å². The molecule has 0 aliphatic rings. The Kier molecular flexibility index (Phi) is 16.9. The van der Waals surface area contributed by atoms with Crippen molar-refractivity contribution in [2.24, 2.45) is 0 Å². The molecule has 0 aliphatic heterocycles. The van der Waals surface area contributed by atoms with Gasteiger partial charge in [0.15, 0.2) is 0 Å². The highest BCUT2D eigenvalue weighted by atomic mass is 16.4. The molecule has 20 aromatic rings. The molecule has 0 bridgehead atoms. The van der Waals surface area contributed by atoms with E-state index in [-0.39, 0.29) is 0 Å². The number of H-pyrrole nitrogens is 1. The molecule has 0 radical (unpaired) electrons. The van der Waals surface area contributed by atoms with Gasteiger partial charge < -0.3 is 19.6 Å². The third-order valence-corrected chi connectivity index (χ3v) is 20.7. The highest BCUT2D eigenvalue weighted by molar-refractivity contribution is 6.58. The van der Waals surface area contributed by atoms with E-state index in [2.05, 4.69) is 380 Å². The first kappa shape index (κ1) is 63.7. The van der Waals surface area contributed by atoms with Crippen molar-refractivity contribution in [1.29, 1.82) is 0 Å². The Hall–Kier alpha value is -13.4. The third kappa shape index (κ3) is 12.1. The molecule has 0 spiro atoms. The largest absolute Gasteiger partial charge is 0.488 e. The summed E-state index contributed by atoms with van der Waals surface area (Å²) >= 11 is 0. The Morgan fingerprint density at radius 1 is 0.190 bits per heavy atom. The van der Waals surface area contributed by atoms with Crippen LogP contribution in [0.2, 0.25) is 0 Å². The number of nitrogens with one attached hydrogen (secondary N) is 1. The number of hydrogen-bond acceptors (Lipinski definition) is 2. The number of fused-ring (bicyclic) bond motifs is 10. The molecule has 0 aliphatic carbocycles. The van der Waals surface area contributed by atoms with Crippen LogP contribution >= 0.6 is 0 Å². The summed E-state index contributed by atoms with van der Waals surface area (Å²) in [7, 11) is -1.46. The lowest BCUT2D eigenvalue weighted by atomic mass is 9.79. The van der Waals surface area contributed by atoms with Crippen molar-refractivity contribution in [3.63, 3.8) is 0 Å². The van der Waals surface area contributed by atoms with Gasteiger partial charge in [0.05, 0.1) is 11.0 Å². The fraction of sp³-hybridized carbons (Fsp3) is 0. The van der Waals surface area contributed by atoms with Crippen LogP contribution in [0.25, 0.3) is 181 Å². The molecule has 18 aromatic carbocycles. The highest BCUT2D eigenvalue weighted by Crippen LogP contribution is 2.47. The zero-order chi connectivity index (χ0) is 70.2. The van der Waals surface area contributed by atoms with Crippen LogP contribution in [-0.4, -0.2) is 26.7 Å². The average molecular weight is 1340 g/mol. The van der Waals surface area contributed by atoms with E-state index in [1.165, 1.54) is 165 Å². The summed E-state index contributed by atoms with van der Waals surface area (Å²) in [6.45, 7) is 0. The molecule has 2 heterocycles. The second-order valence-electron chi connectivity index (χ2n) is 26.9. The number of aromatic nitrogens is 2. The number of hydrogen-bond donors (Lipinski definition) is 3. The van der Waals surface area contributed by atoms with E-state index in [9.17, 15) is 10.0 Å². The topological polar surface area (TPSA) is 61.2 Å². The van der Waals surface area contributed by atoms with E-state index in [0.717, 1.165) is 16.8 Å². The monoisotopic (exact) mass is 1340 g/mol. The maximum Gasteiger partial charge on any atom is 0.488 e. The first-order chi connectivity index (χ1) is 51.9. The van der Waals surface area contributed by atoms with Crippen molar-refractivity contribution >= 4 is 99.3 Å². The molecule has 0 saturated heterocycles. The van der Waals surface area contributed by atoms with Gasteiger partial charge in [-0.2, -0.15) is 0 Å². The van der Waals surface area contributed by atoms with Crippen LogP contribution in [0.1, 0.15) is 0 Å². The second kappa shape index (κ2) is 27.8. The van der Waals surface area contributed by atoms with Gasteiger partial charge in [0.25, 0.3) is 0 Å². The van der Waals surface area contributed by atoms with Crippen LogP contribution in [0.4, 0.5) is 0 Å². The molecule has 0 atom stereocenters. The van der Waals surface area contributed by atoms with Gasteiger partial charge in [0.1, 0.15) is 0 Å². The van der Waals surface area contributed by atoms with Crippen LogP contribution in [0, 0.1) is 0 Å². The van der Waals surface area contributed by atoms with Crippen molar-refractivity contribution < 1.29 is 10.0 Å². The first-order valence-electron chi connectivity index (χ1n) is 35.8. The van der Waals surface area contributed by atoms with Gasteiger partial charge >= 0.3 is 7.12 Å². The quantitative estimate of drug-likeness (QED) is 0.0944. The molecule has 0 saturated carbocycles. The van der Waals surface area contributed by atoms with Crippen LogP contribution in [-0.2, 0) is 0 Å². The molecule has 4 nitrogen and oxygen atoms in total. The van der Waals surface area contributed by atoms with E-state index < -0.39 is 7.12 Å². The lowest BCUT2D eigenvalue weighted by molar-refractivity contribution is 0.426. The van der Waals surface area contributed by atoms with Gasteiger partial charge in [-0.25, -0.2) is 0 Å². The van der Waals surface area contributed by atoms with Crippen LogP contribution in [0.15, 0.2) is 400 Å². The summed E-state index contributed by atoms with van der Waals surface area (Å²) in [6.07, 6.45) is 0. The molecular formula is C100H69BN2O2. The summed E-state index contributed by atoms with van der Waals surface area (Å²) in [5.41, 5.74) is 26.0. The number of aromatic amines is 1. The summed E-state index contributed by atoms with van der Waals surface area (Å²) in [5.74, 6) is 0. The molecule has 0 fully saturated rings. The summed E-state index contributed by atoms with van der Waals surface area (Å²) < 4.78 is 2.42. The van der Waals surface area contributed by atoms with Gasteiger partial charge in [0.2, 0.25) is 0 Å². The van der Waals surface area contributed by atoms with Gasteiger partial charge in [0, 0.05) is 38.3 Å². The van der Waals surface area contributed by atoms with Crippen LogP contribution in [0.3, 0.4) is 0 Å². The molecule has 5 heteroatoms. The predicted octanol–water partition coefficient (Wildman–Crippen LogP) is 25.4. The number of nitrogens with zero attached hydrogens (tertiary/aromatic N) is 1. The predicted molar refractivity (Wildman–Crippen MR) is 446 cm³/mol. The van der Waals surface area contributed by atoms with E-state index >= 15 is 0 Å². The molecule has 20 rings (SSSR count). The van der Waals surface area contributed by atoms with E-state index in [1.54, 1.807) is 12.1 Å². The fourth-order valence-corrected chi connectivity index (χ4v) is 15.7. The molecule has 494 valence electrons. The van der Waals surface area contributed by atoms with Crippen molar-refractivity contribution in [1.82, 2.24) is 9.55 Å². The van der Waals surface area contributed by atoms with Gasteiger partial charge in [-0.3, -0.25) is 0 Å². The van der Waals surface area contributed by atoms with Crippen molar-refractivity contribution in [3.8, 4) is 94.7 Å². The Labute approximate surface area is 610 Å². The SMILES string of the molecule is OB(O)c1ccc(-c2c3ccccc3c(-c3ccccc3)c3ccccc23)cc1.c1ccc(-c2ccc3[nH]c4ccc(-c5ccccc5)cc4c3c2)cc1.c1ccc(-c2ccc3c(c2)c2cc(-c4ccccc4)ccc2n3-c2ccc(-c3c4ccccc4c(-c4ccccc4)c4ccccc34)cc2)cc1. The lowest BCUT2D eigenvalue weighted by Crippen LogP contribution is -2.29. The molecule has 0 amide bonds. The first-order valence-corrected chi connectivity index (χ1v) is 35.8. The van der Waals surface area contributed by atoms with Gasteiger partial charge in [-0.05, 0) is 198 Å². The highest BCUT2D eigenvalue weighted by Gasteiger charge is 2.21. The maximum absolute atomic E-state index is 9.45. The number of benzene rings is 18. The summed E-state index contributed by atoms with van der Waals surface area (Å²) in [4.78, 5) is 3.54. The Morgan fingerprint density at radius 2 is 0.419 bits per heavy atom. The third-order valence-electron chi connectivity index (χ3n) is 20.7. The van der Waals surface area contributed by atoms with Gasteiger partial charge in [-0.15, -0.1) is 0 Å². The van der Waals surface area contributed by atoms with Crippen molar-refractivity contribution in [2.75, 3.05) is 0 Å². The summed E-state index contributed by atoms with van der Waals surface area (Å²) in [6, 6.07) is 142. The minimum absolute atomic E-state index is 0.489. The molecule has 3 N–H and O–H groups in total. The van der Waals surface area contributed by atoms with E-state index in [4.69, 9.17) is 0 Å². The minimum Gasteiger partial charge on any atom is -0.423 e. The summed E-state index contributed by atoms with van der Waals surface area (Å²) in [5, 5.41) is 33.8.